The minimum Gasteiger partial charge on any atom is -0.355 e. The van der Waals surface area contributed by atoms with E-state index < -0.39 is 0 Å². The van der Waals surface area contributed by atoms with Crippen LogP contribution >= 0.6 is 0 Å². The third-order valence-corrected chi connectivity index (χ3v) is 5.71. The second-order valence-electron chi connectivity index (χ2n) is 8.63. The number of hydrogen-bond acceptors (Lipinski definition) is 6. The number of benzene rings is 1. The van der Waals surface area contributed by atoms with E-state index in [4.69, 9.17) is 9.51 Å². The molecule has 1 saturated heterocycles. The van der Waals surface area contributed by atoms with Gasteiger partial charge in [0.25, 0.3) is 5.71 Å². The highest BCUT2D eigenvalue weighted by molar-refractivity contribution is 5.88. The van der Waals surface area contributed by atoms with Gasteiger partial charge in [-0.3, -0.25) is 4.79 Å². The van der Waals surface area contributed by atoms with E-state index in [9.17, 15) is 9.18 Å². The zero-order valence-electron chi connectivity index (χ0n) is 18.2. The molecule has 0 saturated carbocycles. The average Bonchev–Trinajstić information content (AvgIpc) is 3.11. The third kappa shape index (κ3) is 4.84. The van der Waals surface area contributed by atoms with Crippen LogP contribution in [-0.2, 0) is 17.8 Å². The Morgan fingerprint density at radius 3 is 2.71 bits per heavy atom. The van der Waals surface area contributed by atoms with Crippen molar-refractivity contribution in [1.82, 2.24) is 20.4 Å². The summed E-state index contributed by atoms with van der Waals surface area (Å²) >= 11 is 0. The Balaban J connectivity index is 1.48. The number of aryl methyl sites for hydroxylation is 2. The summed E-state index contributed by atoms with van der Waals surface area (Å²) in [6, 6.07) is 6.41. The Hall–Kier alpha value is -3.03. The number of nitrogens with zero attached hydrogens (tertiary/aromatic N) is 4. The number of fused-ring (bicyclic) bond motifs is 1. The number of carbonyl (C=O) groups excluding carboxylic acids is 1. The molecular weight excluding hydrogens is 397 g/mol. The van der Waals surface area contributed by atoms with Gasteiger partial charge < -0.3 is 14.7 Å². The molecule has 31 heavy (non-hydrogen) atoms. The lowest BCUT2D eigenvalue weighted by Crippen LogP contribution is -2.39. The molecule has 0 unspecified atom stereocenters. The summed E-state index contributed by atoms with van der Waals surface area (Å²) < 4.78 is 19.2. The van der Waals surface area contributed by atoms with E-state index >= 15 is 0 Å². The van der Waals surface area contributed by atoms with Crippen LogP contribution in [0.2, 0.25) is 0 Å². The van der Waals surface area contributed by atoms with Crippen molar-refractivity contribution in [3.63, 3.8) is 0 Å². The van der Waals surface area contributed by atoms with Crippen molar-refractivity contribution in [3.8, 4) is 0 Å². The van der Waals surface area contributed by atoms with E-state index in [2.05, 4.69) is 34.2 Å². The van der Waals surface area contributed by atoms with Crippen LogP contribution in [0.4, 0.5) is 10.2 Å². The quantitative estimate of drug-likeness (QED) is 0.647. The van der Waals surface area contributed by atoms with E-state index in [1.807, 2.05) is 6.92 Å². The van der Waals surface area contributed by atoms with Gasteiger partial charge in [-0.1, -0.05) is 37.2 Å². The Bertz CT molecular complexity index is 1070. The van der Waals surface area contributed by atoms with Crippen LogP contribution in [0.3, 0.4) is 0 Å². The number of nitrogens with one attached hydrogen (secondary N) is 1. The van der Waals surface area contributed by atoms with Crippen molar-refractivity contribution in [2.45, 2.75) is 46.6 Å². The molecule has 1 N–H and O–H groups in total. The number of amides is 1. The van der Waals surface area contributed by atoms with Gasteiger partial charge in [-0.25, -0.2) is 9.37 Å². The predicted molar refractivity (Wildman–Crippen MR) is 116 cm³/mol. The number of rotatable bonds is 6. The van der Waals surface area contributed by atoms with E-state index in [1.54, 1.807) is 18.2 Å². The van der Waals surface area contributed by atoms with Crippen LogP contribution in [-0.4, -0.2) is 34.1 Å². The van der Waals surface area contributed by atoms with Crippen molar-refractivity contribution >= 4 is 22.8 Å². The molecule has 3 heterocycles. The van der Waals surface area contributed by atoms with Crippen molar-refractivity contribution in [2.75, 3.05) is 18.0 Å². The number of hydrogen-bond donors (Lipinski definition) is 1. The maximum atomic E-state index is 13.7. The Morgan fingerprint density at radius 1 is 1.23 bits per heavy atom. The zero-order chi connectivity index (χ0) is 22.0. The monoisotopic (exact) mass is 425 g/mol. The smallest absolute Gasteiger partial charge is 0.263 e. The summed E-state index contributed by atoms with van der Waals surface area (Å²) in [6.07, 6.45) is 1.77. The van der Waals surface area contributed by atoms with Gasteiger partial charge in [-0.2, -0.15) is 4.98 Å². The normalized spacial score (nSPS) is 19.0. The van der Waals surface area contributed by atoms with Crippen LogP contribution < -0.4 is 10.2 Å². The standard InChI is InChI=1S/C23H28FN5O2/c1-14-10-15(2)13-29(12-14)22-21-16(3)28-31-23(21)27-19(26-22)8-9-20(30)25-11-17-6-4-5-7-18(17)24/h4-7,14-15H,8-13H2,1-3H3,(H,25,30)/t14-,15+. The molecular formula is C23H28FN5O2. The highest BCUT2D eigenvalue weighted by atomic mass is 19.1. The minimum absolute atomic E-state index is 0.154. The maximum Gasteiger partial charge on any atom is 0.263 e. The van der Waals surface area contributed by atoms with Gasteiger partial charge in [0, 0.05) is 38.0 Å². The van der Waals surface area contributed by atoms with Crippen LogP contribution in [0.25, 0.3) is 11.1 Å². The maximum absolute atomic E-state index is 13.7. The van der Waals surface area contributed by atoms with Crippen LogP contribution in [0.15, 0.2) is 28.8 Å². The van der Waals surface area contributed by atoms with Gasteiger partial charge in [0.2, 0.25) is 5.91 Å². The Labute approximate surface area is 181 Å². The molecule has 0 aliphatic carbocycles. The summed E-state index contributed by atoms with van der Waals surface area (Å²) in [5.41, 5.74) is 1.68. The van der Waals surface area contributed by atoms with Gasteiger partial charge in [-0.15, -0.1) is 0 Å². The summed E-state index contributed by atoms with van der Waals surface area (Å²) in [4.78, 5) is 23.9. The SMILES string of the molecule is Cc1noc2nc(CCC(=O)NCc3ccccc3F)nc(N3C[C@H](C)C[C@H](C)C3)c12. The van der Waals surface area contributed by atoms with Crippen molar-refractivity contribution in [2.24, 2.45) is 11.8 Å². The lowest BCUT2D eigenvalue weighted by atomic mass is 9.92. The van der Waals surface area contributed by atoms with Gasteiger partial charge in [0.15, 0.2) is 0 Å². The summed E-state index contributed by atoms with van der Waals surface area (Å²) in [5, 5.41) is 7.68. The van der Waals surface area contributed by atoms with Gasteiger partial charge in [-0.05, 0) is 31.2 Å². The van der Waals surface area contributed by atoms with E-state index in [-0.39, 0.29) is 24.7 Å². The molecule has 2 aromatic heterocycles. The minimum atomic E-state index is -0.327. The zero-order valence-corrected chi connectivity index (χ0v) is 18.2. The lowest BCUT2D eigenvalue weighted by Gasteiger charge is -2.36. The predicted octanol–water partition coefficient (Wildman–Crippen LogP) is 3.80. The van der Waals surface area contributed by atoms with E-state index in [0.29, 0.717) is 35.4 Å². The molecule has 1 aliphatic heterocycles. The molecule has 3 aromatic rings. The molecule has 164 valence electrons. The first kappa shape index (κ1) is 21.2. The summed E-state index contributed by atoms with van der Waals surface area (Å²) in [6.45, 7) is 8.39. The highest BCUT2D eigenvalue weighted by Gasteiger charge is 2.27. The first-order valence-electron chi connectivity index (χ1n) is 10.8. The number of anilines is 1. The van der Waals surface area contributed by atoms with Crippen LogP contribution in [0.1, 0.15) is 43.8 Å². The second-order valence-corrected chi connectivity index (χ2v) is 8.63. The molecule has 1 aromatic carbocycles. The van der Waals surface area contributed by atoms with E-state index in [0.717, 1.165) is 30.0 Å². The number of aromatic nitrogens is 3. The average molecular weight is 426 g/mol. The van der Waals surface area contributed by atoms with Crippen LogP contribution in [0.5, 0.6) is 0 Å². The molecule has 2 atom stereocenters. The van der Waals surface area contributed by atoms with Crippen molar-refractivity contribution in [1.29, 1.82) is 0 Å². The molecule has 4 rings (SSSR count). The Kier molecular flexibility index (Phi) is 6.15. The number of carbonyl (C=O) groups is 1. The van der Waals surface area contributed by atoms with Gasteiger partial charge in [0.05, 0.1) is 5.69 Å². The van der Waals surface area contributed by atoms with Gasteiger partial charge >= 0.3 is 0 Å². The summed E-state index contributed by atoms with van der Waals surface area (Å²) in [7, 11) is 0. The fraction of sp³-hybridized carbons (Fsp3) is 0.478. The first-order valence-corrected chi connectivity index (χ1v) is 10.8. The molecule has 1 amide bonds. The largest absolute Gasteiger partial charge is 0.355 e. The Morgan fingerprint density at radius 2 is 1.97 bits per heavy atom. The lowest BCUT2D eigenvalue weighted by molar-refractivity contribution is -0.121. The molecule has 0 bridgehead atoms. The fourth-order valence-electron chi connectivity index (χ4n) is 4.34. The highest BCUT2D eigenvalue weighted by Crippen LogP contribution is 2.31. The molecule has 1 fully saturated rings. The van der Waals surface area contributed by atoms with Crippen molar-refractivity contribution in [3.05, 3.63) is 47.2 Å². The molecule has 7 nitrogen and oxygen atoms in total. The third-order valence-electron chi connectivity index (χ3n) is 5.71. The van der Waals surface area contributed by atoms with Crippen LogP contribution in [0, 0.1) is 24.6 Å². The fourth-order valence-corrected chi connectivity index (χ4v) is 4.34. The number of halogens is 1. The molecule has 0 spiro atoms. The summed E-state index contributed by atoms with van der Waals surface area (Å²) in [5.74, 6) is 2.02. The number of piperidine rings is 1. The molecule has 1 aliphatic rings. The first-order chi connectivity index (χ1) is 14.9. The topological polar surface area (TPSA) is 84.1 Å². The van der Waals surface area contributed by atoms with Crippen molar-refractivity contribution < 1.29 is 13.7 Å². The molecule has 0 radical (unpaired) electrons. The second kappa shape index (κ2) is 8.99. The molecule has 8 heteroatoms. The van der Waals surface area contributed by atoms with E-state index in [1.165, 1.54) is 12.5 Å². The van der Waals surface area contributed by atoms with Gasteiger partial charge in [0.1, 0.15) is 22.8 Å².